The van der Waals surface area contributed by atoms with Crippen molar-refractivity contribution >= 4 is 17.6 Å². The fourth-order valence-corrected chi connectivity index (χ4v) is 3.93. The summed E-state index contributed by atoms with van der Waals surface area (Å²) in [6.45, 7) is 1.90. The SMILES string of the molecule is O=C(NCC1CC1)C1CCC2(CCN(C(=O)Nc3cccc(F)c3)CC2)O1. The summed E-state index contributed by atoms with van der Waals surface area (Å²) in [5.74, 6) is 0.282. The lowest BCUT2D eigenvalue weighted by Gasteiger charge is -2.39. The first kappa shape index (κ1) is 18.2. The zero-order valence-electron chi connectivity index (χ0n) is 15.4. The number of hydrogen-bond donors (Lipinski definition) is 2. The second-order valence-electron chi connectivity index (χ2n) is 7.94. The minimum Gasteiger partial charge on any atom is -0.362 e. The summed E-state index contributed by atoms with van der Waals surface area (Å²) >= 11 is 0. The second-order valence-corrected chi connectivity index (χ2v) is 7.94. The predicted molar refractivity (Wildman–Crippen MR) is 98.8 cm³/mol. The van der Waals surface area contributed by atoms with Crippen LogP contribution in [-0.4, -0.2) is 48.2 Å². The van der Waals surface area contributed by atoms with Gasteiger partial charge in [0.2, 0.25) is 5.91 Å². The van der Waals surface area contributed by atoms with Gasteiger partial charge in [-0.2, -0.15) is 0 Å². The number of anilines is 1. The molecule has 0 bridgehead atoms. The number of rotatable bonds is 4. The number of carbonyl (C=O) groups is 2. The fraction of sp³-hybridized carbons (Fsp3) is 0.600. The van der Waals surface area contributed by atoms with Gasteiger partial charge in [-0.3, -0.25) is 4.79 Å². The summed E-state index contributed by atoms with van der Waals surface area (Å²) in [6, 6.07) is 5.64. The molecular formula is C20H26FN3O3. The zero-order chi connectivity index (χ0) is 18.9. The number of benzene rings is 1. The maximum atomic E-state index is 13.3. The molecule has 3 amide bonds. The lowest BCUT2D eigenvalue weighted by molar-refractivity contribution is -0.140. The van der Waals surface area contributed by atoms with Gasteiger partial charge in [-0.1, -0.05) is 6.07 Å². The van der Waals surface area contributed by atoms with E-state index in [9.17, 15) is 14.0 Å². The lowest BCUT2D eigenvalue weighted by atomic mass is 9.88. The third-order valence-electron chi connectivity index (χ3n) is 5.85. The molecule has 2 N–H and O–H groups in total. The van der Waals surface area contributed by atoms with Crippen LogP contribution < -0.4 is 10.6 Å². The van der Waals surface area contributed by atoms with Crippen LogP contribution in [-0.2, 0) is 9.53 Å². The number of urea groups is 1. The highest BCUT2D eigenvalue weighted by Gasteiger charge is 2.45. The highest BCUT2D eigenvalue weighted by molar-refractivity contribution is 5.89. The van der Waals surface area contributed by atoms with Crippen molar-refractivity contribution in [2.24, 2.45) is 5.92 Å². The van der Waals surface area contributed by atoms with Gasteiger partial charge in [0, 0.05) is 25.3 Å². The summed E-state index contributed by atoms with van der Waals surface area (Å²) < 4.78 is 19.4. The normalized spacial score (nSPS) is 24.0. The van der Waals surface area contributed by atoms with Gasteiger partial charge >= 0.3 is 6.03 Å². The van der Waals surface area contributed by atoms with E-state index in [0.717, 1.165) is 32.2 Å². The topological polar surface area (TPSA) is 70.7 Å². The molecule has 27 heavy (non-hydrogen) atoms. The van der Waals surface area contributed by atoms with Gasteiger partial charge in [0.1, 0.15) is 11.9 Å². The third-order valence-corrected chi connectivity index (χ3v) is 5.85. The first-order valence-corrected chi connectivity index (χ1v) is 9.80. The average molecular weight is 375 g/mol. The molecule has 0 radical (unpaired) electrons. The van der Waals surface area contributed by atoms with Crippen molar-refractivity contribution in [1.82, 2.24) is 10.2 Å². The summed E-state index contributed by atoms with van der Waals surface area (Å²) in [5.41, 5.74) is 0.154. The second kappa shape index (κ2) is 7.46. The highest BCUT2D eigenvalue weighted by atomic mass is 19.1. The molecule has 3 aliphatic rings. The van der Waals surface area contributed by atoms with Gasteiger partial charge in [0.25, 0.3) is 0 Å². The summed E-state index contributed by atoms with van der Waals surface area (Å²) in [5, 5.41) is 5.73. The molecule has 1 aromatic rings. The summed E-state index contributed by atoms with van der Waals surface area (Å²) in [6.07, 6.45) is 5.09. The van der Waals surface area contributed by atoms with Gasteiger partial charge in [0.15, 0.2) is 0 Å². The Morgan fingerprint density at radius 2 is 1.96 bits per heavy atom. The quantitative estimate of drug-likeness (QED) is 0.850. The van der Waals surface area contributed by atoms with Crippen LogP contribution in [0.3, 0.4) is 0 Å². The number of nitrogens with one attached hydrogen (secondary N) is 2. The van der Waals surface area contributed by atoms with Crippen LogP contribution in [0.2, 0.25) is 0 Å². The molecule has 1 unspecified atom stereocenters. The minimum absolute atomic E-state index is 0.00468. The van der Waals surface area contributed by atoms with Gasteiger partial charge in [-0.25, -0.2) is 9.18 Å². The standard InChI is InChI=1S/C20H26FN3O3/c21-15-2-1-3-16(12-15)23-19(26)24-10-8-20(9-11-24)7-6-17(27-20)18(25)22-13-14-4-5-14/h1-3,12,14,17H,4-11,13H2,(H,22,25)(H,23,26). The summed E-state index contributed by atoms with van der Waals surface area (Å²) in [7, 11) is 0. The van der Waals surface area contributed by atoms with Gasteiger partial charge in [0.05, 0.1) is 5.60 Å². The highest BCUT2D eigenvalue weighted by Crippen LogP contribution is 2.39. The van der Waals surface area contributed by atoms with Crippen LogP contribution in [0.4, 0.5) is 14.9 Å². The Morgan fingerprint density at radius 1 is 1.19 bits per heavy atom. The number of ether oxygens (including phenoxy) is 1. The van der Waals surface area contributed by atoms with Crippen molar-refractivity contribution < 1.29 is 18.7 Å². The molecule has 1 aliphatic carbocycles. The van der Waals surface area contributed by atoms with E-state index in [1.54, 1.807) is 17.0 Å². The van der Waals surface area contributed by atoms with Crippen molar-refractivity contribution in [2.45, 2.75) is 50.2 Å². The van der Waals surface area contributed by atoms with E-state index < -0.39 is 0 Å². The number of likely N-dealkylation sites (tertiary alicyclic amines) is 1. The molecular weight excluding hydrogens is 349 g/mol. The molecule has 2 saturated heterocycles. The van der Waals surface area contributed by atoms with Crippen molar-refractivity contribution in [3.8, 4) is 0 Å². The average Bonchev–Trinajstić information content (AvgIpc) is 3.40. The molecule has 2 heterocycles. The first-order valence-electron chi connectivity index (χ1n) is 9.80. The lowest BCUT2D eigenvalue weighted by Crippen LogP contribution is -2.48. The van der Waals surface area contributed by atoms with Crippen LogP contribution in [0.5, 0.6) is 0 Å². The number of halogens is 1. The van der Waals surface area contributed by atoms with Crippen LogP contribution in [0.1, 0.15) is 38.5 Å². The molecule has 146 valence electrons. The molecule has 1 spiro atoms. The molecule has 6 nitrogen and oxygen atoms in total. The Kier molecular flexibility index (Phi) is 5.04. The van der Waals surface area contributed by atoms with Gasteiger partial charge < -0.3 is 20.3 Å². The monoisotopic (exact) mass is 375 g/mol. The minimum atomic E-state index is -0.379. The number of piperidine rings is 1. The smallest absolute Gasteiger partial charge is 0.321 e. The molecule has 1 atom stereocenters. The van der Waals surface area contributed by atoms with Crippen molar-refractivity contribution in [3.63, 3.8) is 0 Å². The van der Waals surface area contributed by atoms with Crippen LogP contribution in [0.15, 0.2) is 24.3 Å². The third kappa shape index (κ3) is 4.40. The van der Waals surface area contributed by atoms with Crippen LogP contribution in [0, 0.1) is 11.7 Å². The first-order chi connectivity index (χ1) is 13.0. The van der Waals surface area contributed by atoms with Crippen LogP contribution >= 0.6 is 0 Å². The number of hydrogen-bond acceptors (Lipinski definition) is 3. The van der Waals surface area contributed by atoms with E-state index in [-0.39, 0.29) is 29.5 Å². The van der Waals surface area contributed by atoms with E-state index in [2.05, 4.69) is 10.6 Å². The molecule has 0 aromatic heterocycles. The maximum Gasteiger partial charge on any atom is 0.321 e. The van der Waals surface area contributed by atoms with E-state index in [4.69, 9.17) is 4.74 Å². The number of carbonyl (C=O) groups excluding carboxylic acids is 2. The van der Waals surface area contributed by atoms with Crippen molar-refractivity contribution in [3.05, 3.63) is 30.1 Å². The molecule has 3 fully saturated rings. The van der Waals surface area contributed by atoms with Crippen molar-refractivity contribution in [1.29, 1.82) is 0 Å². The predicted octanol–water partition coefficient (Wildman–Crippen LogP) is 2.90. The molecule has 4 rings (SSSR count). The Bertz CT molecular complexity index is 714. The Morgan fingerprint density at radius 3 is 2.67 bits per heavy atom. The fourth-order valence-electron chi connectivity index (χ4n) is 3.93. The molecule has 2 aliphatic heterocycles. The van der Waals surface area contributed by atoms with E-state index in [1.165, 1.54) is 25.0 Å². The van der Waals surface area contributed by atoms with Gasteiger partial charge in [-0.05, 0) is 62.6 Å². The summed E-state index contributed by atoms with van der Waals surface area (Å²) in [4.78, 5) is 26.4. The molecule has 1 aromatic carbocycles. The van der Waals surface area contributed by atoms with Crippen molar-refractivity contribution in [2.75, 3.05) is 25.0 Å². The van der Waals surface area contributed by atoms with E-state index in [1.807, 2.05) is 0 Å². The Labute approximate surface area is 158 Å². The largest absolute Gasteiger partial charge is 0.362 e. The zero-order valence-corrected chi connectivity index (χ0v) is 15.4. The Balaban J connectivity index is 1.25. The maximum absolute atomic E-state index is 13.3. The molecule has 7 heteroatoms. The van der Waals surface area contributed by atoms with Gasteiger partial charge in [-0.15, -0.1) is 0 Å². The van der Waals surface area contributed by atoms with E-state index in [0.29, 0.717) is 24.7 Å². The van der Waals surface area contributed by atoms with Crippen LogP contribution in [0.25, 0.3) is 0 Å². The van der Waals surface area contributed by atoms with E-state index >= 15 is 0 Å². The molecule has 1 saturated carbocycles. The number of nitrogens with zero attached hydrogens (tertiary/aromatic N) is 1. The Hall–Kier alpha value is -2.15. The number of amides is 3.